The molecule has 8 heteroatoms. The Labute approximate surface area is 138 Å². The van der Waals surface area contributed by atoms with Crippen molar-refractivity contribution in [2.24, 2.45) is 0 Å². The Morgan fingerprint density at radius 3 is 2.87 bits per heavy atom. The highest BCUT2D eigenvalue weighted by atomic mass is 32.2. The van der Waals surface area contributed by atoms with Gasteiger partial charge in [-0.05, 0) is 31.5 Å². The van der Waals surface area contributed by atoms with Crippen molar-refractivity contribution < 1.29 is 9.59 Å². The summed E-state index contributed by atoms with van der Waals surface area (Å²) >= 11 is 1.28. The molecule has 1 aliphatic rings. The van der Waals surface area contributed by atoms with Gasteiger partial charge < -0.3 is 5.32 Å². The molecule has 1 aromatic carbocycles. The fourth-order valence-corrected chi connectivity index (χ4v) is 3.29. The second-order valence-corrected chi connectivity index (χ2v) is 6.21. The average molecular weight is 331 g/mol. The number of nitrogens with one attached hydrogen (secondary N) is 1. The maximum atomic E-state index is 12.1. The molecule has 1 aromatic heterocycles. The van der Waals surface area contributed by atoms with Crippen molar-refractivity contribution >= 4 is 23.7 Å². The third-order valence-electron chi connectivity index (χ3n) is 3.54. The molecule has 0 unspecified atom stereocenters. The van der Waals surface area contributed by atoms with Gasteiger partial charge in [0.25, 0.3) is 0 Å². The predicted octanol–water partition coefficient (Wildman–Crippen LogP) is 1.53. The molecule has 0 atom stereocenters. The Morgan fingerprint density at radius 2 is 2.17 bits per heavy atom. The van der Waals surface area contributed by atoms with Gasteiger partial charge in [0.1, 0.15) is 5.82 Å². The molecule has 3 amide bonds. The van der Waals surface area contributed by atoms with E-state index in [-0.39, 0.29) is 17.7 Å². The molecule has 1 saturated heterocycles. The first-order valence-electron chi connectivity index (χ1n) is 7.26. The van der Waals surface area contributed by atoms with Crippen molar-refractivity contribution in [3.63, 3.8) is 0 Å². The van der Waals surface area contributed by atoms with Crippen molar-refractivity contribution in [1.29, 1.82) is 0 Å². The number of amides is 3. The van der Waals surface area contributed by atoms with Gasteiger partial charge in [0.15, 0.2) is 5.16 Å². The third-order valence-corrected chi connectivity index (χ3v) is 4.45. The number of carbonyl (C=O) groups is 2. The van der Waals surface area contributed by atoms with Gasteiger partial charge in [-0.2, -0.15) is 0 Å². The van der Waals surface area contributed by atoms with Crippen LogP contribution in [0, 0.1) is 13.8 Å². The topological polar surface area (TPSA) is 80.1 Å². The highest BCUT2D eigenvalue weighted by molar-refractivity contribution is 7.99. The van der Waals surface area contributed by atoms with Crippen LogP contribution in [-0.2, 0) is 4.79 Å². The number of nitrogens with zero attached hydrogens (tertiary/aromatic N) is 4. The maximum Gasteiger partial charge on any atom is 0.324 e. The lowest BCUT2D eigenvalue weighted by molar-refractivity contribution is -0.124. The fourth-order valence-electron chi connectivity index (χ4n) is 2.41. The monoisotopic (exact) mass is 331 g/mol. The molecule has 7 nitrogen and oxygen atoms in total. The van der Waals surface area contributed by atoms with Gasteiger partial charge in [-0.1, -0.05) is 23.9 Å². The van der Waals surface area contributed by atoms with E-state index in [0.29, 0.717) is 18.2 Å². The van der Waals surface area contributed by atoms with E-state index in [2.05, 4.69) is 15.5 Å². The average Bonchev–Trinajstić information content (AvgIpc) is 3.11. The van der Waals surface area contributed by atoms with Crippen LogP contribution in [0.25, 0.3) is 5.69 Å². The van der Waals surface area contributed by atoms with Gasteiger partial charge in [0, 0.05) is 18.8 Å². The molecule has 1 N–H and O–H groups in total. The van der Waals surface area contributed by atoms with Crippen LogP contribution in [0.2, 0.25) is 0 Å². The Kier molecular flexibility index (Phi) is 4.33. The van der Waals surface area contributed by atoms with E-state index in [1.807, 2.05) is 42.7 Å². The zero-order valence-electron chi connectivity index (χ0n) is 12.9. The lowest BCUT2D eigenvalue weighted by atomic mass is 10.2. The lowest BCUT2D eigenvalue weighted by Crippen LogP contribution is -2.35. The first-order valence-corrected chi connectivity index (χ1v) is 8.25. The molecule has 23 heavy (non-hydrogen) atoms. The number of benzene rings is 1. The SMILES string of the molecule is Cc1cccc(-n2c(C)nnc2SCC(=O)N2CCNC2=O)c1. The number of imide groups is 1. The molecule has 0 spiro atoms. The number of urea groups is 1. The Hall–Kier alpha value is -2.35. The molecule has 0 bridgehead atoms. The molecule has 2 heterocycles. The number of aryl methyl sites for hydroxylation is 2. The van der Waals surface area contributed by atoms with Crippen LogP contribution in [0.5, 0.6) is 0 Å². The van der Waals surface area contributed by atoms with E-state index in [0.717, 1.165) is 17.1 Å². The number of rotatable bonds is 4. The zero-order chi connectivity index (χ0) is 16.4. The summed E-state index contributed by atoms with van der Waals surface area (Å²) in [6.45, 7) is 4.82. The lowest BCUT2D eigenvalue weighted by Gasteiger charge is -2.12. The van der Waals surface area contributed by atoms with Crippen LogP contribution in [0.3, 0.4) is 0 Å². The van der Waals surface area contributed by atoms with Crippen molar-refractivity contribution in [3.8, 4) is 5.69 Å². The highest BCUT2D eigenvalue weighted by Gasteiger charge is 2.26. The number of carbonyl (C=O) groups excluding carboxylic acids is 2. The summed E-state index contributed by atoms with van der Waals surface area (Å²) in [5.74, 6) is 0.683. The van der Waals surface area contributed by atoms with Crippen LogP contribution < -0.4 is 5.32 Å². The maximum absolute atomic E-state index is 12.1. The second kappa shape index (κ2) is 6.41. The fraction of sp³-hybridized carbons (Fsp3) is 0.333. The van der Waals surface area contributed by atoms with Crippen LogP contribution in [0.4, 0.5) is 4.79 Å². The minimum Gasteiger partial charge on any atom is -0.336 e. The van der Waals surface area contributed by atoms with E-state index in [1.165, 1.54) is 16.7 Å². The highest BCUT2D eigenvalue weighted by Crippen LogP contribution is 2.22. The van der Waals surface area contributed by atoms with Crippen molar-refractivity contribution in [1.82, 2.24) is 25.0 Å². The van der Waals surface area contributed by atoms with Gasteiger partial charge in [0.05, 0.1) is 5.75 Å². The predicted molar refractivity (Wildman–Crippen MR) is 86.7 cm³/mol. The Morgan fingerprint density at radius 1 is 1.35 bits per heavy atom. The van der Waals surface area contributed by atoms with Gasteiger partial charge in [-0.3, -0.25) is 14.3 Å². The number of hydrogen-bond donors (Lipinski definition) is 1. The van der Waals surface area contributed by atoms with Crippen LogP contribution in [0.15, 0.2) is 29.4 Å². The molecule has 1 aliphatic heterocycles. The molecular formula is C15H17N5O2S. The molecule has 0 radical (unpaired) electrons. The molecule has 2 aromatic rings. The zero-order valence-corrected chi connectivity index (χ0v) is 13.8. The van der Waals surface area contributed by atoms with Crippen LogP contribution >= 0.6 is 11.8 Å². The molecule has 120 valence electrons. The Bertz CT molecular complexity index is 758. The first-order chi connectivity index (χ1) is 11.1. The minimum atomic E-state index is -0.327. The van der Waals surface area contributed by atoms with E-state index >= 15 is 0 Å². The normalized spacial score (nSPS) is 14.2. The van der Waals surface area contributed by atoms with E-state index in [1.54, 1.807) is 0 Å². The summed E-state index contributed by atoms with van der Waals surface area (Å²) in [7, 11) is 0. The largest absolute Gasteiger partial charge is 0.336 e. The van der Waals surface area contributed by atoms with Gasteiger partial charge in [-0.25, -0.2) is 4.79 Å². The first kappa shape index (κ1) is 15.5. The standard InChI is InChI=1S/C15H17N5O2S/c1-10-4-3-5-12(8-10)20-11(2)17-18-15(20)23-9-13(21)19-7-6-16-14(19)22/h3-5,8H,6-7,9H2,1-2H3,(H,16,22). The smallest absolute Gasteiger partial charge is 0.324 e. The van der Waals surface area contributed by atoms with E-state index in [9.17, 15) is 9.59 Å². The van der Waals surface area contributed by atoms with Crippen LogP contribution in [-0.4, -0.2) is 50.4 Å². The van der Waals surface area contributed by atoms with Crippen LogP contribution in [0.1, 0.15) is 11.4 Å². The summed E-state index contributed by atoms with van der Waals surface area (Å²) in [5, 5.41) is 11.5. The van der Waals surface area contributed by atoms with Gasteiger partial charge in [-0.15, -0.1) is 10.2 Å². The molecule has 0 aliphatic carbocycles. The van der Waals surface area contributed by atoms with E-state index in [4.69, 9.17) is 0 Å². The van der Waals surface area contributed by atoms with Gasteiger partial charge >= 0.3 is 6.03 Å². The minimum absolute atomic E-state index is 0.150. The second-order valence-electron chi connectivity index (χ2n) is 5.27. The number of thioether (sulfide) groups is 1. The van der Waals surface area contributed by atoms with Gasteiger partial charge in [0.2, 0.25) is 5.91 Å². The quantitative estimate of drug-likeness (QED) is 0.860. The number of hydrogen-bond acceptors (Lipinski definition) is 5. The Balaban J connectivity index is 1.77. The van der Waals surface area contributed by atoms with Crippen molar-refractivity contribution in [2.75, 3.05) is 18.8 Å². The third kappa shape index (κ3) is 3.21. The molecule has 1 fully saturated rings. The van der Waals surface area contributed by atoms with Crippen molar-refractivity contribution in [3.05, 3.63) is 35.7 Å². The number of aromatic nitrogens is 3. The summed E-state index contributed by atoms with van der Waals surface area (Å²) < 4.78 is 1.91. The van der Waals surface area contributed by atoms with E-state index < -0.39 is 0 Å². The molecule has 3 rings (SSSR count). The molecule has 0 saturated carbocycles. The summed E-state index contributed by atoms with van der Waals surface area (Å²) in [5.41, 5.74) is 2.10. The summed E-state index contributed by atoms with van der Waals surface area (Å²) in [4.78, 5) is 24.9. The molecular weight excluding hydrogens is 314 g/mol. The van der Waals surface area contributed by atoms with Crippen molar-refractivity contribution in [2.45, 2.75) is 19.0 Å². The summed E-state index contributed by atoms with van der Waals surface area (Å²) in [6.07, 6.45) is 0. The summed E-state index contributed by atoms with van der Waals surface area (Å²) in [6, 6.07) is 7.68.